The molecule has 2 N–H and O–H groups in total. The summed E-state index contributed by atoms with van der Waals surface area (Å²) in [6, 6.07) is 19.4. The maximum absolute atomic E-state index is 10.9. The molecule has 172 valence electrons. The minimum absolute atomic E-state index is 0.198. The van der Waals surface area contributed by atoms with Crippen molar-refractivity contribution in [2.75, 3.05) is 13.2 Å². The van der Waals surface area contributed by atoms with Crippen LogP contribution >= 0.6 is 0 Å². The number of aliphatic hydroxyl groups is 2. The largest absolute Gasteiger partial charge is 0.387 e. The van der Waals surface area contributed by atoms with E-state index in [9.17, 15) is 10.2 Å². The van der Waals surface area contributed by atoms with Crippen molar-refractivity contribution in [3.05, 3.63) is 97.1 Å². The van der Waals surface area contributed by atoms with Gasteiger partial charge in [0.2, 0.25) is 0 Å². The molecule has 2 aromatic carbocycles. The molecule has 0 unspecified atom stereocenters. The van der Waals surface area contributed by atoms with Crippen LogP contribution in [0.3, 0.4) is 0 Å². The third-order valence-electron chi connectivity index (χ3n) is 5.38. The Morgan fingerprint density at radius 3 is 1.31 bits per heavy atom. The summed E-state index contributed by atoms with van der Waals surface area (Å²) in [6.45, 7) is 8.34. The highest BCUT2D eigenvalue weighted by Crippen LogP contribution is 2.31. The van der Waals surface area contributed by atoms with E-state index in [1.54, 1.807) is 12.2 Å². The van der Waals surface area contributed by atoms with Crippen LogP contribution in [-0.4, -0.2) is 60.1 Å². The Morgan fingerprint density at radius 2 is 0.969 bits per heavy atom. The van der Waals surface area contributed by atoms with E-state index in [0.717, 1.165) is 11.1 Å². The lowest BCUT2D eigenvalue weighted by atomic mass is 9.84. The van der Waals surface area contributed by atoms with Crippen LogP contribution in [0.5, 0.6) is 0 Å². The zero-order valence-corrected chi connectivity index (χ0v) is 18.2. The molecule has 0 aromatic heterocycles. The molecular formula is C26H32O6. The van der Waals surface area contributed by atoms with E-state index in [2.05, 4.69) is 13.2 Å². The SMILES string of the molecule is C=CCO[C@H]1[C@@H](O)[C@H](O)[C@H](OCC=C)[C@@H](OCc2ccccc2)[C@H]1OCc1ccccc1. The summed E-state index contributed by atoms with van der Waals surface area (Å²) in [4.78, 5) is 0. The van der Waals surface area contributed by atoms with E-state index in [1.807, 2.05) is 60.7 Å². The molecule has 0 radical (unpaired) electrons. The number of aliphatic hydroxyl groups excluding tert-OH is 2. The lowest BCUT2D eigenvalue weighted by Crippen LogP contribution is -2.66. The van der Waals surface area contributed by atoms with Gasteiger partial charge in [0.25, 0.3) is 0 Å². The molecule has 0 spiro atoms. The second-order valence-electron chi connectivity index (χ2n) is 7.68. The van der Waals surface area contributed by atoms with E-state index < -0.39 is 36.6 Å². The van der Waals surface area contributed by atoms with Gasteiger partial charge in [0.1, 0.15) is 36.6 Å². The molecule has 6 atom stereocenters. The first kappa shape index (κ1) is 24.3. The summed E-state index contributed by atoms with van der Waals surface area (Å²) in [5.74, 6) is 0. The smallest absolute Gasteiger partial charge is 0.116 e. The Morgan fingerprint density at radius 1 is 0.594 bits per heavy atom. The first-order chi connectivity index (χ1) is 15.7. The van der Waals surface area contributed by atoms with Gasteiger partial charge in [-0.05, 0) is 11.1 Å². The van der Waals surface area contributed by atoms with E-state index >= 15 is 0 Å². The van der Waals surface area contributed by atoms with Crippen LogP contribution in [0, 0.1) is 0 Å². The quantitative estimate of drug-likeness (QED) is 0.494. The fourth-order valence-electron chi connectivity index (χ4n) is 3.81. The van der Waals surface area contributed by atoms with Gasteiger partial charge in [0.05, 0.1) is 26.4 Å². The summed E-state index contributed by atoms with van der Waals surface area (Å²) < 4.78 is 24.2. The fourth-order valence-corrected chi connectivity index (χ4v) is 3.81. The van der Waals surface area contributed by atoms with E-state index in [1.165, 1.54) is 0 Å². The van der Waals surface area contributed by atoms with Crippen molar-refractivity contribution in [1.29, 1.82) is 0 Å². The number of rotatable bonds is 12. The summed E-state index contributed by atoms with van der Waals surface area (Å²) in [5.41, 5.74) is 1.95. The minimum Gasteiger partial charge on any atom is -0.387 e. The molecule has 1 aliphatic rings. The molecule has 1 aliphatic carbocycles. The first-order valence-corrected chi connectivity index (χ1v) is 10.8. The van der Waals surface area contributed by atoms with Crippen molar-refractivity contribution in [2.45, 2.75) is 49.8 Å². The van der Waals surface area contributed by atoms with Gasteiger partial charge >= 0.3 is 0 Å². The van der Waals surface area contributed by atoms with Gasteiger partial charge in [0, 0.05) is 0 Å². The molecular weight excluding hydrogens is 408 g/mol. The predicted octanol–water partition coefficient (Wildman–Crippen LogP) is 3.04. The molecule has 0 heterocycles. The molecule has 1 fully saturated rings. The van der Waals surface area contributed by atoms with Crippen LogP contribution in [0.2, 0.25) is 0 Å². The monoisotopic (exact) mass is 440 g/mol. The van der Waals surface area contributed by atoms with Gasteiger partial charge in [-0.15, -0.1) is 13.2 Å². The molecule has 6 heteroatoms. The zero-order valence-electron chi connectivity index (χ0n) is 18.2. The van der Waals surface area contributed by atoms with Crippen LogP contribution in [0.15, 0.2) is 86.0 Å². The first-order valence-electron chi connectivity index (χ1n) is 10.8. The van der Waals surface area contributed by atoms with Gasteiger partial charge in [-0.3, -0.25) is 0 Å². The normalized spacial score (nSPS) is 27.7. The zero-order chi connectivity index (χ0) is 22.8. The van der Waals surface area contributed by atoms with Crippen molar-refractivity contribution in [1.82, 2.24) is 0 Å². The van der Waals surface area contributed by atoms with Crippen molar-refractivity contribution in [2.24, 2.45) is 0 Å². The van der Waals surface area contributed by atoms with Crippen LogP contribution in [0.4, 0.5) is 0 Å². The van der Waals surface area contributed by atoms with Gasteiger partial charge in [-0.1, -0.05) is 72.8 Å². The van der Waals surface area contributed by atoms with Crippen molar-refractivity contribution < 1.29 is 29.2 Å². The van der Waals surface area contributed by atoms with Crippen molar-refractivity contribution >= 4 is 0 Å². The van der Waals surface area contributed by atoms with Gasteiger partial charge in [-0.25, -0.2) is 0 Å². The Bertz CT molecular complexity index is 742. The van der Waals surface area contributed by atoms with Crippen molar-refractivity contribution in [3.8, 4) is 0 Å². The number of hydrogen-bond acceptors (Lipinski definition) is 6. The van der Waals surface area contributed by atoms with E-state index in [0.29, 0.717) is 13.2 Å². The average molecular weight is 441 g/mol. The Kier molecular flexibility index (Phi) is 9.62. The maximum atomic E-state index is 10.9. The third-order valence-corrected chi connectivity index (χ3v) is 5.38. The molecule has 32 heavy (non-hydrogen) atoms. The van der Waals surface area contributed by atoms with Gasteiger partial charge in [0.15, 0.2) is 0 Å². The predicted molar refractivity (Wildman–Crippen MR) is 122 cm³/mol. The van der Waals surface area contributed by atoms with E-state index in [-0.39, 0.29) is 13.2 Å². The highest BCUT2D eigenvalue weighted by atomic mass is 16.6. The fraction of sp³-hybridized carbons (Fsp3) is 0.385. The van der Waals surface area contributed by atoms with Crippen LogP contribution in [-0.2, 0) is 32.2 Å². The van der Waals surface area contributed by atoms with E-state index in [4.69, 9.17) is 18.9 Å². The van der Waals surface area contributed by atoms with Crippen molar-refractivity contribution in [3.63, 3.8) is 0 Å². The molecule has 0 saturated heterocycles. The highest BCUT2D eigenvalue weighted by Gasteiger charge is 2.52. The summed E-state index contributed by atoms with van der Waals surface area (Å²) in [7, 11) is 0. The maximum Gasteiger partial charge on any atom is 0.116 e. The molecule has 6 nitrogen and oxygen atoms in total. The van der Waals surface area contributed by atoms with Gasteiger partial charge < -0.3 is 29.2 Å². The molecule has 1 saturated carbocycles. The second kappa shape index (κ2) is 12.6. The highest BCUT2D eigenvalue weighted by molar-refractivity contribution is 5.15. The van der Waals surface area contributed by atoms with Crippen LogP contribution < -0.4 is 0 Å². The molecule has 3 rings (SSSR count). The number of benzene rings is 2. The van der Waals surface area contributed by atoms with Gasteiger partial charge in [-0.2, -0.15) is 0 Å². The topological polar surface area (TPSA) is 77.4 Å². The van der Waals surface area contributed by atoms with Crippen LogP contribution in [0.1, 0.15) is 11.1 Å². The average Bonchev–Trinajstić information content (AvgIpc) is 2.83. The lowest BCUT2D eigenvalue weighted by Gasteiger charge is -2.46. The number of ether oxygens (including phenoxy) is 4. The van der Waals surface area contributed by atoms with Crippen LogP contribution in [0.25, 0.3) is 0 Å². The summed E-state index contributed by atoms with van der Waals surface area (Å²) in [6.07, 6.45) is -2.28. The third kappa shape index (κ3) is 6.36. The molecule has 0 aliphatic heterocycles. The summed E-state index contributed by atoms with van der Waals surface area (Å²) in [5, 5.41) is 21.7. The number of hydrogen-bond donors (Lipinski definition) is 2. The molecule has 0 bridgehead atoms. The molecule has 0 amide bonds. The summed E-state index contributed by atoms with van der Waals surface area (Å²) >= 11 is 0. The molecule has 2 aromatic rings. The Balaban J connectivity index is 1.86. The Hall–Kier alpha value is -2.32. The standard InChI is InChI=1S/C26H32O6/c1-3-15-29-23-21(27)22(28)24(30-16-4-2)26(32-18-20-13-9-6-10-14-20)25(23)31-17-19-11-7-5-8-12-19/h3-14,21-28H,1-2,15-18H2/t21-,22-,23-,24-,25-,26+/m0/s1. The minimum atomic E-state index is -1.22. The second-order valence-corrected chi connectivity index (χ2v) is 7.68. The Labute approximate surface area is 189 Å². The lowest BCUT2D eigenvalue weighted by molar-refractivity contribution is -0.266.